The topological polar surface area (TPSA) is 58.6 Å². The number of carbonyl (C=O) groups is 2. The third-order valence-electron chi connectivity index (χ3n) is 2.94. The summed E-state index contributed by atoms with van der Waals surface area (Å²) >= 11 is 0. The van der Waals surface area contributed by atoms with Crippen molar-refractivity contribution in [2.24, 2.45) is 0 Å². The lowest BCUT2D eigenvalue weighted by Gasteiger charge is -2.28. The number of benzene rings is 2. The molecule has 2 aromatic rings. The van der Waals surface area contributed by atoms with E-state index >= 15 is 0 Å². The predicted octanol–water partition coefficient (Wildman–Crippen LogP) is 2.64. The van der Waals surface area contributed by atoms with Gasteiger partial charge in [-0.1, -0.05) is 30.3 Å². The van der Waals surface area contributed by atoms with Gasteiger partial charge in [0.25, 0.3) is 0 Å². The Kier molecular flexibility index (Phi) is 3.09. The van der Waals surface area contributed by atoms with Gasteiger partial charge in [0.15, 0.2) is 0 Å². The Morgan fingerprint density at radius 2 is 1.75 bits per heavy atom. The molecule has 1 N–H and O–H groups in total. The first-order valence-electron chi connectivity index (χ1n) is 6.17. The first-order valence-corrected chi connectivity index (χ1v) is 6.17. The van der Waals surface area contributed by atoms with Gasteiger partial charge in [0.05, 0.1) is 11.4 Å². The van der Waals surface area contributed by atoms with E-state index in [1.54, 1.807) is 48.5 Å². The van der Waals surface area contributed by atoms with Crippen LogP contribution in [0.2, 0.25) is 0 Å². The SMILES string of the molecule is O=C1CN(C(=O)Oc2ccccc2)c2ccccc2N1. The Balaban J connectivity index is 1.87. The van der Waals surface area contributed by atoms with Gasteiger partial charge >= 0.3 is 6.09 Å². The highest BCUT2D eigenvalue weighted by Gasteiger charge is 2.27. The van der Waals surface area contributed by atoms with Crippen LogP contribution >= 0.6 is 0 Å². The number of ether oxygens (including phenoxy) is 1. The van der Waals surface area contributed by atoms with Gasteiger partial charge in [0.2, 0.25) is 5.91 Å². The molecule has 100 valence electrons. The molecule has 0 saturated carbocycles. The van der Waals surface area contributed by atoms with E-state index in [-0.39, 0.29) is 12.5 Å². The fourth-order valence-corrected chi connectivity index (χ4v) is 2.04. The molecule has 0 atom stereocenters. The average Bonchev–Trinajstić information content (AvgIpc) is 2.47. The molecule has 0 aliphatic carbocycles. The van der Waals surface area contributed by atoms with Crippen LogP contribution in [0, 0.1) is 0 Å². The largest absolute Gasteiger partial charge is 0.420 e. The molecular formula is C15H12N2O3. The third-order valence-corrected chi connectivity index (χ3v) is 2.94. The second kappa shape index (κ2) is 5.05. The van der Waals surface area contributed by atoms with Crippen LogP contribution in [-0.4, -0.2) is 18.5 Å². The van der Waals surface area contributed by atoms with Crippen LogP contribution in [0.25, 0.3) is 0 Å². The number of hydrogen-bond donors (Lipinski definition) is 1. The summed E-state index contributed by atoms with van der Waals surface area (Å²) < 4.78 is 5.27. The second-order valence-corrected chi connectivity index (χ2v) is 4.33. The highest BCUT2D eigenvalue weighted by atomic mass is 16.6. The van der Waals surface area contributed by atoms with Crippen LogP contribution in [0.3, 0.4) is 0 Å². The number of anilines is 2. The van der Waals surface area contributed by atoms with E-state index in [1.807, 2.05) is 6.07 Å². The summed E-state index contributed by atoms with van der Waals surface area (Å²) in [5.41, 5.74) is 1.24. The number of fused-ring (bicyclic) bond motifs is 1. The number of nitrogens with zero attached hydrogens (tertiary/aromatic N) is 1. The van der Waals surface area contributed by atoms with Crippen molar-refractivity contribution in [2.75, 3.05) is 16.8 Å². The Labute approximate surface area is 115 Å². The molecular weight excluding hydrogens is 256 g/mol. The predicted molar refractivity (Wildman–Crippen MR) is 74.9 cm³/mol. The summed E-state index contributed by atoms with van der Waals surface area (Å²) in [6.07, 6.45) is -0.571. The van der Waals surface area contributed by atoms with Crippen molar-refractivity contribution in [3.8, 4) is 5.75 Å². The molecule has 2 aromatic carbocycles. The lowest BCUT2D eigenvalue weighted by Crippen LogP contribution is -2.43. The fourth-order valence-electron chi connectivity index (χ4n) is 2.04. The van der Waals surface area contributed by atoms with Crippen molar-refractivity contribution in [3.63, 3.8) is 0 Å². The lowest BCUT2D eigenvalue weighted by molar-refractivity contribution is -0.115. The Morgan fingerprint density at radius 1 is 1.05 bits per heavy atom. The van der Waals surface area contributed by atoms with Crippen LogP contribution in [0.15, 0.2) is 54.6 Å². The summed E-state index contributed by atoms with van der Waals surface area (Å²) in [7, 11) is 0. The molecule has 0 bridgehead atoms. The summed E-state index contributed by atoms with van der Waals surface area (Å²) in [6.45, 7) is -0.0529. The van der Waals surface area contributed by atoms with Gasteiger partial charge in [0.1, 0.15) is 12.3 Å². The van der Waals surface area contributed by atoms with Gasteiger partial charge in [-0.15, -0.1) is 0 Å². The smallest absolute Gasteiger partial charge is 0.410 e. The number of para-hydroxylation sites is 3. The summed E-state index contributed by atoms with van der Waals surface area (Å²) in [4.78, 5) is 25.2. The zero-order valence-corrected chi connectivity index (χ0v) is 10.6. The van der Waals surface area contributed by atoms with E-state index in [0.29, 0.717) is 17.1 Å². The average molecular weight is 268 g/mol. The molecule has 0 unspecified atom stereocenters. The third kappa shape index (κ3) is 2.33. The van der Waals surface area contributed by atoms with E-state index in [9.17, 15) is 9.59 Å². The Morgan fingerprint density at radius 3 is 2.55 bits per heavy atom. The van der Waals surface area contributed by atoms with Crippen molar-refractivity contribution in [2.45, 2.75) is 0 Å². The minimum atomic E-state index is -0.571. The lowest BCUT2D eigenvalue weighted by atomic mass is 10.2. The van der Waals surface area contributed by atoms with Crippen molar-refractivity contribution >= 4 is 23.4 Å². The molecule has 0 spiro atoms. The van der Waals surface area contributed by atoms with Crippen LogP contribution < -0.4 is 15.0 Å². The zero-order chi connectivity index (χ0) is 13.9. The first kappa shape index (κ1) is 12.2. The number of amides is 2. The van der Waals surface area contributed by atoms with Gasteiger partial charge < -0.3 is 10.1 Å². The molecule has 0 fully saturated rings. The minimum absolute atomic E-state index is 0.0529. The monoisotopic (exact) mass is 268 g/mol. The number of nitrogens with one attached hydrogen (secondary N) is 1. The van der Waals surface area contributed by atoms with E-state index in [1.165, 1.54) is 4.90 Å². The highest BCUT2D eigenvalue weighted by molar-refractivity contribution is 6.08. The molecule has 5 heteroatoms. The second-order valence-electron chi connectivity index (χ2n) is 4.33. The van der Waals surface area contributed by atoms with Crippen molar-refractivity contribution in [1.29, 1.82) is 0 Å². The van der Waals surface area contributed by atoms with Crippen LogP contribution in [0.5, 0.6) is 5.75 Å². The molecule has 0 saturated heterocycles. The fraction of sp³-hybridized carbons (Fsp3) is 0.0667. The molecule has 1 heterocycles. The maximum absolute atomic E-state index is 12.2. The highest BCUT2D eigenvalue weighted by Crippen LogP contribution is 2.29. The molecule has 3 rings (SSSR count). The van der Waals surface area contributed by atoms with Gasteiger partial charge in [-0.25, -0.2) is 4.79 Å². The van der Waals surface area contributed by atoms with E-state index in [0.717, 1.165) is 0 Å². The summed E-state index contributed by atoms with van der Waals surface area (Å²) in [6, 6.07) is 15.9. The van der Waals surface area contributed by atoms with Gasteiger partial charge in [-0.3, -0.25) is 9.69 Å². The molecule has 0 radical (unpaired) electrons. The normalized spacial score (nSPS) is 13.4. The standard InChI is InChI=1S/C15H12N2O3/c18-14-10-17(13-9-5-4-8-12(13)16-14)15(19)20-11-6-2-1-3-7-11/h1-9H,10H2,(H,16,18). The van der Waals surface area contributed by atoms with Crippen molar-refractivity contribution in [1.82, 2.24) is 0 Å². The molecule has 1 aliphatic heterocycles. The zero-order valence-electron chi connectivity index (χ0n) is 10.6. The maximum atomic E-state index is 12.2. The van der Waals surface area contributed by atoms with E-state index < -0.39 is 6.09 Å². The Bertz CT molecular complexity index is 655. The van der Waals surface area contributed by atoms with E-state index in [4.69, 9.17) is 4.74 Å². The van der Waals surface area contributed by atoms with Gasteiger partial charge in [-0.2, -0.15) is 0 Å². The molecule has 0 aromatic heterocycles. The number of hydrogen-bond acceptors (Lipinski definition) is 3. The quantitative estimate of drug-likeness (QED) is 0.865. The minimum Gasteiger partial charge on any atom is -0.410 e. The summed E-state index contributed by atoms with van der Waals surface area (Å²) in [5.74, 6) is 0.203. The van der Waals surface area contributed by atoms with E-state index in [2.05, 4.69) is 5.32 Å². The van der Waals surface area contributed by atoms with Crippen molar-refractivity contribution < 1.29 is 14.3 Å². The first-order chi connectivity index (χ1) is 9.74. The van der Waals surface area contributed by atoms with Crippen LogP contribution in [0.4, 0.5) is 16.2 Å². The van der Waals surface area contributed by atoms with Crippen LogP contribution in [0.1, 0.15) is 0 Å². The molecule has 20 heavy (non-hydrogen) atoms. The maximum Gasteiger partial charge on any atom is 0.420 e. The molecule has 5 nitrogen and oxygen atoms in total. The van der Waals surface area contributed by atoms with Crippen molar-refractivity contribution in [3.05, 3.63) is 54.6 Å². The van der Waals surface area contributed by atoms with Crippen LogP contribution in [-0.2, 0) is 4.79 Å². The summed E-state index contributed by atoms with van der Waals surface area (Å²) in [5, 5.41) is 2.72. The molecule has 1 aliphatic rings. The van der Waals surface area contributed by atoms with Gasteiger partial charge in [-0.05, 0) is 24.3 Å². The van der Waals surface area contributed by atoms with Gasteiger partial charge in [0, 0.05) is 0 Å². The number of rotatable bonds is 1. The molecule has 2 amide bonds. The number of carbonyl (C=O) groups excluding carboxylic acids is 2. The Hall–Kier alpha value is -2.82.